The molecule has 2 aromatic carbocycles. The van der Waals surface area contributed by atoms with Gasteiger partial charge >= 0.3 is 0 Å². The number of nitrogens with zero attached hydrogens (tertiary/aromatic N) is 2. The van der Waals surface area contributed by atoms with Crippen LogP contribution in [-0.4, -0.2) is 24.9 Å². The van der Waals surface area contributed by atoms with Crippen LogP contribution in [0.15, 0.2) is 42.5 Å². The molecule has 1 N–H and O–H groups in total. The summed E-state index contributed by atoms with van der Waals surface area (Å²) in [6, 6.07) is 12.1. The van der Waals surface area contributed by atoms with Crippen molar-refractivity contribution in [1.29, 1.82) is 0 Å². The molecule has 0 unspecified atom stereocenters. The van der Waals surface area contributed by atoms with Gasteiger partial charge in [0.1, 0.15) is 0 Å². The molecule has 0 radical (unpaired) electrons. The molecule has 3 rings (SSSR count). The second-order valence-corrected chi connectivity index (χ2v) is 5.49. The first-order chi connectivity index (χ1) is 11.0. The van der Waals surface area contributed by atoms with Gasteiger partial charge in [-0.15, -0.1) is 0 Å². The Kier molecular flexibility index (Phi) is 3.57. The van der Waals surface area contributed by atoms with E-state index in [1.165, 1.54) is 12.1 Å². The van der Waals surface area contributed by atoms with E-state index in [-0.39, 0.29) is 11.6 Å². The van der Waals surface area contributed by atoms with Crippen molar-refractivity contribution in [2.75, 3.05) is 24.3 Å². The summed E-state index contributed by atoms with van der Waals surface area (Å²) < 4.78 is 0. The average molecular weight is 309 g/mol. The lowest BCUT2D eigenvalue weighted by Crippen LogP contribution is -2.08. The molecule has 0 saturated heterocycles. The van der Waals surface area contributed by atoms with Crippen molar-refractivity contribution < 1.29 is 9.72 Å². The number of rotatable bonds is 3. The number of benzene rings is 2. The van der Waals surface area contributed by atoms with E-state index in [0.29, 0.717) is 16.8 Å². The van der Waals surface area contributed by atoms with Gasteiger partial charge in [0, 0.05) is 48.7 Å². The van der Waals surface area contributed by atoms with Gasteiger partial charge in [-0.05, 0) is 29.8 Å². The fraction of sp³-hybridized carbons (Fsp3) is 0.118. The van der Waals surface area contributed by atoms with Crippen LogP contribution in [0.4, 0.5) is 17.1 Å². The molecule has 1 heterocycles. The van der Waals surface area contributed by atoms with E-state index in [0.717, 1.165) is 11.3 Å². The maximum absolute atomic E-state index is 12.1. The normalized spacial score (nSPS) is 14.5. The molecule has 0 aromatic heterocycles. The number of nitrogens with one attached hydrogen (secondary N) is 1. The molecule has 0 bridgehead atoms. The molecule has 0 saturated carbocycles. The molecule has 1 aliphatic rings. The number of hydrogen-bond acceptors (Lipinski definition) is 4. The molecule has 2 aromatic rings. The highest BCUT2D eigenvalue weighted by atomic mass is 16.6. The van der Waals surface area contributed by atoms with Gasteiger partial charge in [0.2, 0.25) is 0 Å². The predicted molar refractivity (Wildman–Crippen MR) is 90.4 cm³/mol. The second-order valence-electron chi connectivity index (χ2n) is 5.49. The molecule has 116 valence electrons. The van der Waals surface area contributed by atoms with Gasteiger partial charge in [-0.2, -0.15) is 0 Å². The van der Waals surface area contributed by atoms with Crippen molar-refractivity contribution >= 4 is 34.6 Å². The third-order valence-corrected chi connectivity index (χ3v) is 3.72. The van der Waals surface area contributed by atoms with Gasteiger partial charge < -0.3 is 10.2 Å². The molecule has 0 spiro atoms. The summed E-state index contributed by atoms with van der Waals surface area (Å²) in [5, 5.41) is 13.7. The molecule has 1 amide bonds. The minimum Gasteiger partial charge on any atom is -0.378 e. The second kappa shape index (κ2) is 5.57. The number of carbonyl (C=O) groups is 1. The summed E-state index contributed by atoms with van der Waals surface area (Å²) in [5.74, 6) is -0.253. The van der Waals surface area contributed by atoms with Gasteiger partial charge in [0.05, 0.1) is 4.92 Å². The maximum atomic E-state index is 12.1. The van der Waals surface area contributed by atoms with E-state index in [1.807, 2.05) is 43.3 Å². The third-order valence-electron chi connectivity index (χ3n) is 3.72. The number of hydrogen-bond donors (Lipinski definition) is 1. The molecule has 6 nitrogen and oxygen atoms in total. The Morgan fingerprint density at radius 2 is 1.83 bits per heavy atom. The molecular formula is C17H15N3O3. The number of amides is 1. The molecule has 0 atom stereocenters. The summed E-state index contributed by atoms with van der Waals surface area (Å²) in [7, 11) is 3.90. The summed E-state index contributed by atoms with van der Waals surface area (Å²) in [4.78, 5) is 24.6. The van der Waals surface area contributed by atoms with Gasteiger partial charge in [-0.25, -0.2) is 0 Å². The Balaban J connectivity index is 2.02. The van der Waals surface area contributed by atoms with Crippen molar-refractivity contribution in [3.05, 3.63) is 63.7 Å². The first-order valence-corrected chi connectivity index (χ1v) is 7.05. The lowest BCUT2D eigenvalue weighted by atomic mass is 10.0. The maximum Gasteiger partial charge on any atom is 0.270 e. The highest BCUT2D eigenvalue weighted by Gasteiger charge is 2.26. The Morgan fingerprint density at radius 1 is 1.13 bits per heavy atom. The van der Waals surface area contributed by atoms with E-state index in [4.69, 9.17) is 0 Å². The SMILES string of the molecule is CN(C)c1ccc(/C=C2\C(=O)Nc3ccc([N+](=O)[O-])cc32)cc1. The fourth-order valence-corrected chi connectivity index (χ4v) is 2.47. The zero-order chi connectivity index (χ0) is 16.6. The van der Waals surface area contributed by atoms with Crippen molar-refractivity contribution in [1.82, 2.24) is 0 Å². The molecule has 0 aliphatic carbocycles. The van der Waals surface area contributed by atoms with Crippen molar-refractivity contribution in [3.63, 3.8) is 0 Å². The number of nitro benzene ring substituents is 1. The van der Waals surface area contributed by atoms with Crippen molar-refractivity contribution in [3.8, 4) is 0 Å². The van der Waals surface area contributed by atoms with Crippen molar-refractivity contribution in [2.24, 2.45) is 0 Å². The first-order valence-electron chi connectivity index (χ1n) is 7.05. The van der Waals surface area contributed by atoms with E-state index in [1.54, 1.807) is 12.1 Å². The first kappa shape index (κ1) is 14.8. The van der Waals surface area contributed by atoms with Crippen LogP contribution in [0.2, 0.25) is 0 Å². The predicted octanol–water partition coefficient (Wildman–Crippen LogP) is 3.15. The van der Waals surface area contributed by atoms with Gasteiger partial charge in [0.25, 0.3) is 11.6 Å². The van der Waals surface area contributed by atoms with Gasteiger partial charge in [0.15, 0.2) is 0 Å². The van der Waals surface area contributed by atoms with Crippen LogP contribution in [-0.2, 0) is 4.79 Å². The summed E-state index contributed by atoms with van der Waals surface area (Å²) in [5.41, 5.74) is 3.47. The quantitative estimate of drug-likeness (QED) is 0.537. The molecule has 0 fully saturated rings. The van der Waals surface area contributed by atoms with Crippen LogP contribution in [0.3, 0.4) is 0 Å². The molecular weight excluding hydrogens is 294 g/mol. The standard InChI is InChI=1S/C17H15N3O3/c1-19(2)12-5-3-11(4-6-12)9-15-14-10-13(20(22)23)7-8-16(14)18-17(15)21/h3-10H,1-2H3,(H,18,21)/b15-9-. The number of fused-ring (bicyclic) bond motifs is 1. The Bertz CT molecular complexity index is 823. The lowest BCUT2D eigenvalue weighted by molar-refractivity contribution is -0.384. The minimum atomic E-state index is -0.466. The zero-order valence-electron chi connectivity index (χ0n) is 12.7. The number of carbonyl (C=O) groups excluding carboxylic acids is 1. The summed E-state index contributed by atoms with van der Waals surface area (Å²) in [6.45, 7) is 0. The average Bonchev–Trinajstić information content (AvgIpc) is 2.83. The zero-order valence-corrected chi connectivity index (χ0v) is 12.7. The smallest absolute Gasteiger partial charge is 0.270 e. The largest absolute Gasteiger partial charge is 0.378 e. The molecule has 23 heavy (non-hydrogen) atoms. The molecule has 1 aliphatic heterocycles. The van der Waals surface area contributed by atoms with Crippen molar-refractivity contribution in [2.45, 2.75) is 0 Å². The summed E-state index contributed by atoms with van der Waals surface area (Å²) >= 11 is 0. The van der Waals surface area contributed by atoms with Crippen LogP contribution in [0.25, 0.3) is 11.6 Å². The Labute approximate surface area is 133 Å². The number of anilines is 2. The molecule has 6 heteroatoms. The van der Waals surface area contributed by atoms with Gasteiger partial charge in [-0.3, -0.25) is 14.9 Å². The van der Waals surface area contributed by atoms with E-state index in [9.17, 15) is 14.9 Å². The Hall–Kier alpha value is -3.15. The third kappa shape index (κ3) is 2.78. The number of nitro groups is 1. The topological polar surface area (TPSA) is 75.5 Å². The monoisotopic (exact) mass is 309 g/mol. The fourth-order valence-electron chi connectivity index (χ4n) is 2.47. The van der Waals surface area contributed by atoms with E-state index < -0.39 is 4.92 Å². The summed E-state index contributed by atoms with van der Waals surface area (Å²) in [6.07, 6.45) is 1.74. The van der Waals surface area contributed by atoms with Crippen LogP contribution >= 0.6 is 0 Å². The van der Waals surface area contributed by atoms with Gasteiger partial charge in [-0.1, -0.05) is 12.1 Å². The number of non-ortho nitro benzene ring substituents is 1. The van der Waals surface area contributed by atoms with E-state index in [2.05, 4.69) is 5.32 Å². The lowest BCUT2D eigenvalue weighted by Gasteiger charge is -2.11. The van der Waals surface area contributed by atoms with Crippen LogP contribution in [0.5, 0.6) is 0 Å². The van der Waals surface area contributed by atoms with Crippen LogP contribution in [0.1, 0.15) is 11.1 Å². The van der Waals surface area contributed by atoms with Crippen LogP contribution < -0.4 is 10.2 Å². The highest BCUT2D eigenvalue weighted by Crippen LogP contribution is 2.35. The van der Waals surface area contributed by atoms with E-state index >= 15 is 0 Å². The van der Waals surface area contributed by atoms with Crippen LogP contribution in [0, 0.1) is 10.1 Å². The highest BCUT2D eigenvalue weighted by molar-refractivity contribution is 6.35. The minimum absolute atomic E-state index is 0.0332. The Morgan fingerprint density at radius 3 is 2.43 bits per heavy atom.